The van der Waals surface area contributed by atoms with E-state index in [9.17, 15) is 9.59 Å². The number of hydrogen-bond acceptors (Lipinski definition) is 3. The molecule has 0 spiro atoms. The van der Waals surface area contributed by atoms with Crippen LogP contribution in [0.5, 0.6) is 0 Å². The van der Waals surface area contributed by atoms with E-state index in [1.807, 2.05) is 0 Å². The van der Waals surface area contributed by atoms with E-state index in [4.69, 9.17) is 4.74 Å². The summed E-state index contributed by atoms with van der Waals surface area (Å²) in [5, 5.41) is 2.49. The molecule has 0 unspecified atom stereocenters. The molecule has 0 atom stereocenters. The Labute approximate surface area is 103 Å². The van der Waals surface area contributed by atoms with Gasteiger partial charge in [0.2, 0.25) is 0 Å². The summed E-state index contributed by atoms with van der Waals surface area (Å²) in [6.07, 6.45) is 2.34. The third-order valence-corrected chi connectivity index (χ3v) is 2.82. The van der Waals surface area contributed by atoms with E-state index in [-0.39, 0.29) is 12.3 Å². The van der Waals surface area contributed by atoms with Crippen LogP contribution in [0.3, 0.4) is 0 Å². The molecule has 1 fully saturated rings. The second-order valence-electron chi connectivity index (χ2n) is 6.04. The smallest absolute Gasteiger partial charge is 0.408 e. The number of amides is 1. The molecule has 1 aliphatic rings. The van der Waals surface area contributed by atoms with Crippen molar-refractivity contribution < 1.29 is 14.3 Å². The SMILES string of the molecule is CC1CC(CC(=O)CNC(=O)OC(C)(C)C)C1. The number of Topliss-reactive ketones (excluding diaryl/α,β-unsaturated/α-hetero) is 1. The molecule has 98 valence electrons. The van der Waals surface area contributed by atoms with Crippen LogP contribution in [0.4, 0.5) is 4.79 Å². The maximum absolute atomic E-state index is 11.6. The van der Waals surface area contributed by atoms with Crippen LogP contribution in [-0.4, -0.2) is 24.0 Å². The number of carbonyl (C=O) groups excluding carboxylic acids is 2. The number of ketones is 1. The molecule has 0 aromatic carbocycles. The summed E-state index contributed by atoms with van der Waals surface area (Å²) in [5.41, 5.74) is -0.517. The number of rotatable bonds is 4. The molecule has 0 aliphatic heterocycles. The zero-order valence-electron chi connectivity index (χ0n) is 11.2. The molecule has 17 heavy (non-hydrogen) atoms. The molecule has 1 aliphatic carbocycles. The van der Waals surface area contributed by atoms with Crippen molar-refractivity contribution in [2.75, 3.05) is 6.54 Å². The van der Waals surface area contributed by atoms with Crippen LogP contribution in [-0.2, 0) is 9.53 Å². The van der Waals surface area contributed by atoms with E-state index in [1.165, 1.54) is 0 Å². The van der Waals surface area contributed by atoms with Gasteiger partial charge in [-0.15, -0.1) is 0 Å². The van der Waals surface area contributed by atoms with Crippen molar-refractivity contribution >= 4 is 11.9 Å². The molecule has 1 amide bonds. The molecule has 1 rings (SSSR count). The first-order valence-corrected chi connectivity index (χ1v) is 6.25. The Kier molecular flexibility index (Phi) is 4.54. The van der Waals surface area contributed by atoms with E-state index in [0.29, 0.717) is 12.3 Å². The van der Waals surface area contributed by atoms with Gasteiger partial charge in [-0.1, -0.05) is 6.92 Å². The van der Waals surface area contributed by atoms with Gasteiger partial charge in [0.15, 0.2) is 5.78 Å². The van der Waals surface area contributed by atoms with Gasteiger partial charge in [-0.3, -0.25) is 4.79 Å². The lowest BCUT2D eigenvalue weighted by atomic mass is 9.74. The number of hydrogen-bond donors (Lipinski definition) is 1. The Hall–Kier alpha value is -1.06. The predicted octanol–water partition coefficient (Wildman–Crippen LogP) is 2.52. The van der Waals surface area contributed by atoms with Gasteiger partial charge in [-0.05, 0) is 45.4 Å². The van der Waals surface area contributed by atoms with Gasteiger partial charge in [0.1, 0.15) is 5.60 Å². The molecule has 1 N–H and O–H groups in total. The fourth-order valence-electron chi connectivity index (χ4n) is 2.11. The third kappa shape index (κ3) is 5.71. The zero-order chi connectivity index (χ0) is 13.1. The van der Waals surface area contributed by atoms with E-state index in [0.717, 1.165) is 18.8 Å². The summed E-state index contributed by atoms with van der Waals surface area (Å²) >= 11 is 0. The van der Waals surface area contributed by atoms with Gasteiger partial charge in [-0.25, -0.2) is 4.79 Å². The monoisotopic (exact) mass is 241 g/mol. The molecule has 0 bridgehead atoms. The number of alkyl carbamates (subject to hydrolysis) is 1. The average Bonchev–Trinajstić information content (AvgIpc) is 2.09. The van der Waals surface area contributed by atoms with E-state index in [1.54, 1.807) is 20.8 Å². The normalized spacial score (nSPS) is 23.8. The first-order chi connectivity index (χ1) is 7.76. The highest BCUT2D eigenvalue weighted by atomic mass is 16.6. The van der Waals surface area contributed by atoms with Crippen LogP contribution in [0.25, 0.3) is 0 Å². The molecule has 0 radical (unpaired) electrons. The topological polar surface area (TPSA) is 55.4 Å². The Morgan fingerprint density at radius 3 is 2.35 bits per heavy atom. The summed E-state index contributed by atoms with van der Waals surface area (Å²) in [5.74, 6) is 1.37. The Morgan fingerprint density at radius 2 is 1.88 bits per heavy atom. The van der Waals surface area contributed by atoms with Crippen LogP contribution in [0.15, 0.2) is 0 Å². The van der Waals surface area contributed by atoms with Crippen molar-refractivity contribution in [2.45, 2.75) is 52.6 Å². The summed E-state index contributed by atoms with van der Waals surface area (Å²) in [7, 11) is 0. The molecule has 1 saturated carbocycles. The van der Waals surface area contributed by atoms with E-state index >= 15 is 0 Å². The van der Waals surface area contributed by atoms with Crippen molar-refractivity contribution in [2.24, 2.45) is 11.8 Å². The highest BCUT2D eigenvalue weighted by Gasteiger charge is 2.27. The molecule has 0 aromatic heterocycles. The maximum Gasteiger partial charge on any atom is 0.408 e. The van der Waals surface area contributed by atoms with E-state index < -0.39 is 11.7 Å². The second-order valence-corrected chi connectivity index (χ2v) is 6.04. The van der Waals surface area contributed by atoms with Crippen molar-refractivity contribution in [3.8, 4) is 0 Å². The fourth-order valence-corrected chi connectivity index (χ4v) is 2.11. The minimum Gasteiger partial charge on any atom is -0.444 e. The van der Waals surface area contributed by atoms with Gasteiger partial charge in [-0.2, -0.15) is 0 Å². The van der Waals surface area contributed by atoms with Crippen molar-refractivity contribution in [3.63, 3.8) is 0 Å². The molecule has 0 aromatic rings. The number of carbonyl (C=O) groups is 2. The van der Waals surface area contributed by atoms with Crippen LogP contribution in [0, 0.1) is 11.8 Å². The highest BCUT2D eigenvalue weighted by Crippen LogP contribution is 2.35. The van der Waals surface area contributed by atoms with Crippen molar-refractivity contribution in [1.29, 1.82) is 0 Å². The van der Waals surface area contributed by atoms with Crippen LogP contribution in [0.2, 0.25) is 0 Å². The standard InChI is InChI=1S/C13H23NO3/c1-9-5-10(6-9)7-11(15)8-14-12(16)17-13(2,3)4/h9-10H,5-8H2,1-4H3,(H,14,16). The molecule has 4 heteroatoms. The van der Waals surface area contributed by atoms with Crippen LogP contribution >= 0.6 is 0 Å². The van der Waals surface area contributed by atoms with Crippen LogP contribution < -0.4 is 5.32 Å². The van der Waals surface area contributed by atoms with Crippen molar-refractivity contribution in [3.05, 3.63) is 0 Å². The Morgan fingerprint density at radius 1 is 1.29 bits per heavy atom. The largest absolute Gasteiger partial charge is 0.444 e. The molecule has 0 heterocycles. The van der Waals surface area contributed by atoms with Gasteiger partial charge in [0, 0.05) is 6.42 Å². The minimum atomic E-state index is -0.521. The Balaban J connectivity index is 2.13. The molecule has 4 nitrogen and oxygen atoms in total. The third-order valence-electron chi connectivity index (χ3n) is 2.82. The maximum atomic E-state index is 11.6. The van der Waals surface area contributed by atoms with Gasteiger partial charge < -0.3 is 10.1 Å². The first-order valence-electron chi connectivity index (χ1n) is 6.25. The van der Waals surface area contributed by atoms with Gasteiger partial charge in [0.25, 0.3) is 0 Å². The number of nitrogens with one attached hydrogen (secondary N) is 1. The summed E-state index contributed by atoms with van der Waals surface area (Å²) in [6.45, 7) is 7.66. The average molecular weight is 241 g/mol. The summed E-state index contributed by atoms with van der Waals surface area (Å²) in [4.78, 5) is 22.9. The molecular weight excluding hydrogens is 218 g/mol. The fraction of sp³-hybridized carbons (Fsp3) is 0.846. The molecular formula is C13H23NO3. The zero-order valence-corrected chi connectivity index (χ0v) is 11.2. The lowest BCUT2D eigenvalue weighted by molar-refractivity contribution is -0.120. The lowest BCUT2D eigenvalue weighted by Gasteiger charge is -2.32. The quantitative estimate of drug-likeness (QED) is 0.822. The Bertz CT molecular complexity index is 288. The van der Waals surface area contributed by atoms with Crippen molar-refractivity contribution in [1.82, 2.24) is 5.32 Å². The number of ether oxygens (including phenoxy) is 1. The second kappa shape index (κ2) is 5.52. The first kappa shape index (κ1) is 14.0. The summed E-state index contributed by atoms with van der Waals surface area (Å²) < 4.78 is 5.05. The predicted molar refractivity (Wildman–Crippen MR) is 65.7 cm³/mol. The highest BCUT2D eigenvalue weighted by molar-refractivity contribution is 5.84. The summed E-state index contributed by atoms with van der Waals surface area (Å²) in [6, 6.07) is 0. The minimum absolute atomic E-state index is 0.0831. The van der Waals surface area contributed by atoms with E-state index in [2.05, 4.69) is 12.2 Å². The van der Waals surface area contributed by atoms with Gasteiger partial charge >= 0.3 is 6.09 Å². The lowest BCUT2D eigenvalue weighted by Crippen LogP contribution is -2.36. The van der Waals surface area contributed by atoms with Crippen LogP contribution in [0.1, 0.15) is 47.0 Å². The molecule has 0 saturated heterocycles. The van der Waals surface area contributed by atoms with Gasteiger partial charge in [0.05, 0.1) is 6.54 Å².